The van der Waals surface area contributed by atoms with Crippen LogP contribution in [0.1, 0.15) is 60.9 Å². The highest BCUT2D eigenvalue weighted by Gasteiger charge is 2.26. The first kappa shape index (κ1) is 22.2. The van der Waals surface area contributed by atoms with E-state index in [4.69, 9.17) is 5.73 Å². The number of carboxylic acid groups (broad SMARTS) is 1. The lowest BCUT2D eigenvalue weighted by Crippen LogP contribution is -2.48. The maximum absolute atomic E-state index is 12.3. The zero-order valence-electron chi connectivity index (χ0n) is 16.2. The topological polar surface area (TPSA) is 145 Å². The molecule has 8 nitrogen and oxygen atoms in total. The molecular weight excluding hydrogens is 374 g/mol. The first-order chi connectivity index (χ1) is 13.8. The number of primary amides is 1. The fraction of sp³-hybridized carbons (Fsp3) is 0.476. The SMILES string of the molecule is NC(=O)NCCC[C@@H](NC(=O)c1ccc(C#CC2(O)CCCCC2)cc1)C(=O)[O-]. The van der Waals surface area contributed by atoms with Crippen LogP contribution in [0, 0.1) is 11.8 Å². The molecule has 1 fully saturated rings. The summed E-state index contributed by atoms with van der Waals surface area (Å²) in [6.07, 6.45) is 4.78. The van der Waals surface area contributed by atoms with Crippen molar-refractivity contribution in [2.75, 3.05) is 6.54 Å². The highest BCUT2D eigenvalue weighted by molar-refractivity contribution is 5.96. The number of carbonyl (C=O) groups is 3. The van der Waals surface area contributed by atoms with E-state index < -0.39 is 29.6 Å². The van der Waals surface area contributed by atoms with E-state index in [0.29, 0.717) is 24.8 Å². The second-order valence-electron chi connectivity index (χ2n) is 7.20. The first-order valence-electron chi connectivity index (χ1n) is 9.70. The van der Waals surface area contributed by atoms with Crippen molar-refractivity contribution >= 4 is 17.9 Å². The van der Waals surface area contributed by atoms with E-state index in [9.17, 15) is 24.6 Å². The molecule has 5 N–H and O–H groups in total. The fourth-order valence-corrected chi connectivity index (χ4v) is 3.16. The van der Waals surface area contributed by atoms with Gasteiger partial charge >= 0.3 is 6.03 Å². The molecule has 0 saturated heterocycles. The minimum absolute atomic E-state index is 0.0937. The van der Waals surface area contributed by atoms with Gasteiger partial charge in [-0.15, -0.1) is 0 Å². The monoisotopic (exact) mass is 400 g/mol. The molecular formula is C21H26N3O5-. The summed E-state index contributed by atoms with van der Waals surface area (Å²) in [4.78, 5) is 34.1. The maximum atomic E-state index is 12.3. The minimum Gasteiger partial charge on any atom is -0.548 e. The molecule has 29 heavy (non-hydrogen) atoms. The third-order valence-corrected chi connectivity index (χ3v) is 4.83. The van der Waals surface area contributed by atoms with Crippen molar-refractivity contribution in [2.45, 2.75) is 56.6 Å². The van der Waals surface area contributed by atoms with Gasteiger partial charge in [-0.3, -0.25) is 4.79 Å². The Bertz CT molecular complexity index is 789. The summed E-state index contributed by atoms with van der Waals surface area (Å²) in [5.74, 6) is 3.92. The van der Waals surface area contributed by atoms with E-state index in [1.54, 1.807) is 24.3 Å². The van der Waals surface area contributed by atoms with Crippen LogP contribution in [0.25, 0.3) is 0 Å². The van der Waals surface area contributed by atoms with E-state index >= 15 is 0 Å². The molecule has 0 radical (unpaired) electrons. The lowest BCUT2D eigenvalue weighted by Gasteiger charge is -2.26. The zero-order valence-corrected chi connectivity index (χ0v) is 16.2. The molecule has 1 aromatic carbocycles. The van der Waals surface area contributed by atoms with E-state index in [0.717, 1.165) is 19.3 Å². The van der Waals surface area contributed by atoms with Crippen molar-refractivity contribution < 1.29 is 24.6 Å². The number of benzene rings is 1. The van der Waals surface area contributed by atoms with Crippen molar-refractivity contribution in [3.05, 3.63) is 35.4 Å². The van der Waals surface area contributed by atoms with Gasteiger partial charge in [-0.2, -0.15) is 0 Å². The number of carbonyl (C=O) groups excluding carboxylic acids is 3. The average molecular weight is 400 g/mol. The zero-order chi connectivity index (χ0) is 21.3. The number of nitrogens with two attached hydrogens (primary N) is 1. The van der Waals surface area contributed by atoms with Gasteiger partial charge < -0.3 is 31.4 Å². The van der Waals surface area contributed by atoms with Gasteiger partial charge in [-0.25, -0.2) is 4.79 Å². The van der Waals surface area contributed by atoms with Gasteiger partial charge in [0.1, 0.15) is 5.60 Å². The molecule has 3 amide bonds. The van der Waals surface area contributed by atoms with Crippen molar-refractivity contribution in [3.8, 4) is 11.8 Å². The lowest BCUT2D eigenvalue weighted by molar-refractivity contribution is -0.308. The number of hydrogen-bond donors (Lipinski definition) is 4. The van der Waals surface area contributed by atoms with E-state index in [-0.39, 0.29) is 18.5 Å². The first-order valence-corrected chi connectivity index (χ1v) is 9.70. The molecule has 156 valence electrons. The van der Waals surface area contributed by atoms with Gasteiger partial charge in [-0.05, 0) is 62.8 Å². The lowest BCUT2D eigenvalue weighted by atomic mass is 9.85. The number of aliphatic hydroxyl groups is 1. The molecule has 0 heterocycles. The van der Waals surface area contributed by atoms with Crippen molar-refractivity contribution in [2.24, 2.45) is 5.73 Å². The Morgan fingerprint density at radius 3 is 2.41 bits per heavy atom. The molecule has 0 spiro atoms. The van der Waals surface area contributed by atoms with Crippen molar-refractivity contribution in [3.63, 3.8) is 0 Å². The van der Waals surface area contributed by atoms with Gasteiger partial charge in [0.2, 0.25) is 0 Å². The Hall–Kier alpha value is -3.05. The van der Waals surface area contributed by atoms with Crippen LogP contribution in [0.4, 0.5) is 4.79 Å². The molecule has 1 saturated carbocycles. The van der Waals surface area contributed by atoms with Crippen LogP contribution in [0.3, 0.4) is 0 Å². The van der Waals surface area contributed by atoms with Crippen LogP contribution < -0.4 is 21.5 Å². The number of aliphatic carboxylic acids is 1. The molecule has 1 atom stereocenters. The molecule has 2 rings (SSSR count). The summed E-state index contributed by atoms with van der Waals surface area (Å²) in [5, 5.41) is 26.4. The van der Waals surface area contributed by atoms with Crippen LogP contribution in [-0.4, -0.2) is 41.2 Å². The smallest absolute Gasteiger partial charge is 0.312 e. The molecule has 0 unspecified atom stereocenters. The standard InChI is InChI=1S/C21H27N3O5/c22-20(28)23-14-4-5-17(19(26)27)24-18(25)16-8-6-15(7-9-16)10-13-21(29)11-2-1-3-12-21/h6-9,17,29H,1-5,11-12,14H2,(H,24,25)(H,26,27)(H3,22,23,28)/p-1/t17-/m1/s1. The second kappa shape index (κ2) is 10.5. The van der Waals surface area contributed by atoms with Crippen LogP contribution in [-0.2, 0) is 4.79 Å². The summed E-state index contributed by atoms with van der Waals surface area (Å²) in [5.41, 5.74) is 4.94. The maximum Gasteiger partial charge on any atom is 0.312 e. The van der Waals surface area contributed by atoms with E-state index in [1.165, 1.54) is 0 Å². The molecule has 1 aromatic rings. The molecule has 0 bridgehead atoms. The fourth-order valence-electron chi connectivity index (χ4n) is 3.16. The summed E-state index contributed by atoms with van der Waals surface area (Å²) in [6, 6.07) is 4.52. The van der Waals surface area contributed by atoms with Crippen LogP contribution in [0.15, 0.2) is 24.3 Å². The molecule has 1 aliphatic rings. The van der Waals surface area contributed by atoms with Gasteiger partial charge in [0, 0.05) is 17.7 Å². The molecule has 0 aromatic heterocycles. The number of amides is 3. The molecule has 1 aliphatic carbocycles. The Kier molecular flexibility index (Phi) is 8.04. The summed E-state index contributed by atoms with van der Waals surface area (Å²) >= 11 is 0. The highest BCUT2D eigenvalue weighted by Crippen LogP contribution is 2.27. The Morgan fingerprint density at radius 1 is 1.17 bits per heavy atom. The number of nitrogens with one attached hydrogen (secondary N) is 2. The van der Waals surface area contributed by atoms with Crippen molar-refractivity contribution in [1.82, 2.24) is 10.6 Å². The number of carboxylic acids is 1. The third-order valence-electron chi connectivity index (χ3n) is 4.83. The van der Waals surface area contributed by atoms with E-state index in [2.05, 4.69) is 22.5 Å². The summed E-state index contributed by atoms with van der Waals surface area (Å²) in [6.45, 7) is 0.203. The van der Waals surface area contributed by atoms with E-state index in [1.807, 2.05) is 0 Å². The van der Waals surface area contributed by atoms with Gasteiger partial charge in [0.25, 0.3) is 5.91 Å². The Balaban J connectivity index is 1.93. The minimum atomic E-state index is -1.40. The highest BCUT2D eigenvalue weighted by atomic mass is 16.4. The predicted molar refractivity (Wildman–Crippen MR) is 104 cm³/mol. The van der Waals surface area contributed by atoms with Crippen LogP contribution in [0.2, 0.25) is 0 Å². The predicted octanol–water partition coefficient (Wildman–Crippen LogP) is 0.0301. The average Bonchev–Trinajstić information content (AvgIpc) is 2.69. The number of hydrogen-bond acceptors (Lipinski definition) is 5. The van der Waals surface area contributed by atoms with Crippen molar-refractivity contribution in [1.29, 1.82) is 0 Å². The Morgan fingerprint density at radius 2 is 1.83 bits per heavy atom. The largest absolute Gasteiger partial charge is 0.548 e. The third kappa shape index (κ3) is 7.47. The number of rotatable bonds is 7. The number of urea groups is 1. The summed E-state index contributed by atoms with van der Waals surface area (Å²) < 4.78 is 0. The second-order valence-corrected chi connectivity index (χ2v) is 7.20. The quantitative estimate of drug-likeness (QED) is 0.377. The van der Waals surface area contributed by atoms with Gasteiger partial charge in [0.15, 0.2) is 0 Å². The van der Waals surface area contributed by atoms with Gasteiger partial charge in [-0.1, -0.05) is 18.3 Å². The Labute approximate surface area is 169 Å². The molecule has 0 aliphatic heterocycles. The van der Waals surface area contributed by atoms with Crippen LogP contribution >= 0.6 is 0 Å². The normalized spacial score (nSPS) is 16.0. The summed E-state index contributed by atoms with van der Waals surface area (Å²) in [7, 11) is 0. The van der Waals surface area contributed by atoms with Crippen LogP contribution in [0.5, 0.6) is 0 Å². The van der Waals surface area contributed by atoms with Gasteiger partial charge in [0.05, 0.1) is 12.0 Å². The molecule has 8 heteroatoms.